The summed E-state index contributed by atoms with van der Waals surface area (Å²) in [6.07, 6.45) is 3.12. The molecule has 2 aromatic rings. The lowest BCUT2D eigenvalue weighted by atomic mass is 9.98. The van der Waals surface area contributed by atoms with Crippen LogP contribution in [0.25, 0.3) is 10.6 Å². The number of aryl methyl sites for hydroxylation is 1. The average Bonchev–Trinajstić information content (AvgIpc) is 2.90. The minimum absolute atomic E-state index is 0.180. The Morgan fingerprint density at radius 2 is 2.19 bits per heavy atom. The number of aromatic nitrogens is 1. The molecule has 0 fully saturated rings. The summed E-state index contributed by atoms with van der Waals surface area (Å²) < 4.78 is 29.6. The van der Waals surface area contributed by atoms with Crippen molar-refractivity contribution in [3.05, 3.63) is 34.8 Å². The first-order chi connectivity index (χ1) is 10.2. The second-order valence-electron chi connectivity index (χ2n) is 4.94. The van der Waals surface area contributed by atoms with Gasteiger partial charge >= 0.3 is 6.61 Å². The van der Waals surface area contributed by atoms with Crippen molar-refractivity contribution in [2.75, 3.05) is 7.05 Å². The van der Waals surface area contributed by atoms with Crippen LogP contribution in [0.1, 0.15) is 29.5 Å². The van der Waals surface area contributed by atoms with Gasteiger partial charge < -0.3 is 10.1 Å². The molecule has 3 rings (SSSR count). The monoisotopic (exact) mass is 310 g/mol. The highest BCUT2D eigenvalue weighted by molar-refractivity contribution is 7.15. The zero-order valence-corrected chi connectivity index (χ0v) is 12.4. The number of benzene rings is 1. The fourth-order valence-corrected chi connectivity index (χ4v) is 3.94. The summed E-state index contributed by atoms with van der Waals surface area (Å²) in [4.78, 5) is 5.85. The Bertz CT molecular complexity index is 630. The number of hydrogen-bond acceptors (Lipinski definition) is 4. The second-order valence-corrected chi connectivity index (χ2v) is 5.97. The minimum Gasteiger partial charge on any atom is -0.434 e. The zero-order valence-electron chi connectivity index (χ0n) is 11.6. The Morgan fingerprint density at radius 1 is 1.38 bits per heavy atom. The van der Waals surface area contributed by atoms with E-state index in [-0.39, 0.29) is 5.75 Å². The van der Waals surface area contributed by atoms with Gasteiger partial charge in [-0.25, -0.2) is 4.98 Å². The van der Waals surface area contributed by atoms with Gasteiger partial charge in [-0.3, -0.25) is 0 Å². The van der Waals surface area contributed by atoms with E-state index in [1.54, 1.807) is 29.5 Å². The number of rotatable bonds is 4. The molecule has 0 aliphatic heterocycles. The highest BCUT2D eigenvalue weighted by atomic mass is 32.1. The van der Waals surface area contributed by atoms with Crippen molar-refractivity contribution in [2.45, 2.75) is 31.9 Å². The fraction of sp³-hybridized carbons (Fsp3) is 0.400. The van der Waals surface area contributed by atoms with Gasteiger partial charge in [0.05, 0.1) is 11.3 Å². The first-order valence-corrected chi connectivity index (χ1v) is 7.71. The SMILES string of the molecule is CNC1CCCc2nc(-c3ccccc3OC(F)F)sc21. The number of nitrogens with zero attached hydrogens (tertiary/aromatic N) is 1. The average molecular weight is 310 g/mol. The number of thiazole rings is 1. The van der Waals surface area contributed by atoms with Crippen LogP contribution in [0.4, 0.5) is 8.78 Å². The van der Waals surface area contributed by atoms with Crippen LogP contribution in [0.3, 0.4) is 0 Å². The van der Waals surface area contributed by atoms with E-state index >= 15 is 0 Å². The summed E-state index contributed by atoms with van der Waals surface area (Å²) in [6, 6.07) is 7.13. The van der Waals surface area contributed by atoms with Gasteiger partial charge in [0.1, 0.15) is 10.8 Å². The maximum atomic E-state index is 12.5. The summed E-state index contributed by atoms with van der Waals surface area (Å²) in [6.45, 7) is -2.83. The van der Waals surface area contributed by atoms with Crippen molar-refractivity contribution in [1.29, 1.82) is 0 Å². The second kappa shape index (κ2) is 6.07. The van der Waals surface area contributed by atoms with E-state index in [2.05, 4.69) is 15.0 Å². The molecular weight excluding hydrogens is 294 g/mol. The Labute approximate surface area is 126 Å². The number of para-hydroxylation sites is 1. The molecule has 1 unspecified atom stereocenters. The van der Waals surface area contributed by atoms with Gasteiger partial charge in [0.15, 0.2) is 0 Å². The van der Waals surface area contributed by atoms with Crippen molar-refractivity contribution >= 4 is 11.3 Å². The van der Waals surface area contributed by atoms with Crippen LogP contribution in [-0.2, 0) is 6.42 Å². The van der Waals surface area contributed by atoms with Gasteiger partial charge in [-0.15, -0.1) is 11.3 Å². The van der Waals surface area contributed by atoms with E-state index in [0.29, 0.717) is 11.6 Å². The molecule has 1 aliphatic rings. The first kappa shape index (κ1) is 14.4. The van der Waals surface area contributed by atoms with Crippen molar-refractivity contribution in [2.24, 2.45) is 0 Å². The van der Waals surface area contributed by atoms with Crippen molar-refractivity contribution in [3.63, 3.8) is 0 Å². The van der Waals surface area contributed by atoms with Gasteiger partial charge in [0.2, 0.25) is 0 Å². The Morgan fingerprint density at radius 3 is 2.95 bits per heavy atom. The molecule has 0 saturated heterocycles. The Balaban J connectivity index is 2.00. The quantitative estimate of drug-likeness (QED) is 0.926. The van der Waals surface area contributed by atoms with Crippen LogP contribution in [0, 0.1) is 0 Å². The van der Waals surface area contributed by atoms with E-state index in [4.69, 9.17) is 0 Å². The minimum atomic E-state index is -2.83. The predicted molar refractivity (Wildman–Crippen MR) is 78.9 cm³/mol. The molecule has 1 heterocycles. The molecule has 6 heteroatoms. The normalized spacial score (nSPS) is 17.8. The third kappa shape index (κ3) is 2.91. The van der Waals surface area contributed by atoms with Gasteiger partial charge in [0.25, 0.3) is 0 Å². The highest BCUT2D eigenvalue weighted by Gasteiger charge is 2.24. The third-order valence-corrected chi connectivity index (χ3v) is 4.88. The van der Waals surface area contributed by atoms with Crippen molar-refractivity contribution in [3.8, 4) is 16.3 Å². The molecule has 1 N–H and O–H groups in total. The first-order valence-electron chi connectivity index (χ1n) is 6.90. The number of ether oxygens (including phenoxy) is 1. The zero-order chi connectivity index (χ0) is 14.8. The molecule has 1 aromatic carbocycles. The van der Waals surface area contributed by atoms with Crippen LogP contribution >= 0.6 is 11.3 Å². The lowest BCUT2D eigenvalue weighted by Gasteiger charge is -2.19. The Kier molecular flexibility index (Phi) is 4.17. The van der Waals surface area contributed by atoms with Crippen LogP contribution < -0.4 is 10.1 Å². The maximum absolute atomic E-state index is 12.5. The predicted octanol–water partition coefficient (Wildman–Crippen LogP) is 4.01. The third-order valence-electron chi connectivity index (χ3n) is 3.63. The van der Waals surface area contributed by atoms with Crippen molar-refractivity contribution < 1.29 is 13.5 Å². The van der Waals surface area contributed by atoms with Crippen LogP contribution in [0.15, 0.2) is 24.3 Å². The van der Waals surface area contributed by atoms with E-state index < -0.39 is 6.61 Å². The molecule has 0 bridgehead atoms. The molecule has 1 atom stereocenters. The van der Waals surface area contributed by atoms with E-state index in [0.717, 1.165) is 30.0 Å². The van der Waals surface area contributed by atoms with Gasteiger partial charge in [-0.1, -0.05) is 12.1 Å². The largest absolute Gasteiger partial charge is 0.434 e. The molecule has 112 valence electrons. The van der Waals surface area contributed by atoms with Crippen LogP contribution in [0.5, 0.6) is 5.75 Å². The maximum Gasteiger partial charge on any atom is 0.387 e. The van der Waals surface area contributed by atoms with Crippen LogP contribution in [-0.4, -0.2) is 18.6 Å². The topological polar surface area (TPSA) is 34.2 Å². The number of alkyl halides is 2. The number of nitrogens with one attached hydrogen (secondary N) is 1. The molecule has 3 nitrogen and oxygen atoms in total. The van der Waals surface area contributed by atoms with E-state index in [1.165, 1.54) is 4.88 Å². The summed E-state index contributed by atoms with van der Waals surface area (Å²) in [5.74, 6) is 0.180. The molecule has 1 aliphatic carbocycles. The fourth-order valence-electron chi connectivity index (χ4n) is 2.65. The molecule has 1 aromatic heterocycles. The van der Waals surface area contributed by atoms with Crippen LogP contribution in [0.2, 0.25) is 0 Å². The van der Waals surface area contributed by atoms with E-state index in [1.807, 2.05) is 13.1 Å². The molecule has 21 heavy (non-hydrogen) atoms. The summed E-state index contributed by atoms with van der Waals surface area (Å²) in [7, 11) is 1.94. The summed E-state index contributed by atoms with van der Waals surface area (Å²) in [5.41, 5.74) is 1.71. The number of fused-ring (bicyclic) bond motifs is 1. The Hall–Kier alpha value is -1.53. The van der Waals surface area contributed by atoms with Gasteiger partial charge in [-0.05, 0) is 38.4 Å². The smallest absolute Gasteiger partial charge is 0.387 e. The van der Waals surface area contributed by atoms with Gasteiger partial charge in [0, 0.05) is 10.9 Å². The number of halogens is 2. The highest BCUT2D eigenvalue weighted by Crippen LogP contribution is 2.40. The molecule has 0 amide bonds. The van der Waals surface area contributed by atoms with Gasteiger partial charge in [-0.2, -0.15) is 8.78 Å². The molecule has 0 spiro atoms. The number of hydrogen-bond donors (Lipinski definition) is 1. The summed E-state index contributed by atoms with van der Waals surface area (Å²) in [5, 5.41) is 4.04. The summed E-state index contributed by atoms with van der Waals surface area (Å²) >= 11 is 1.56. The molecule has 0 radical (unpaired) electrons. The lowest BCUT2D eigenvalue weighted by Crippen LogP contribution is -2.19. The van der Waals surface area contributed by atoms with Crippen molar-refractivity contribution in [1.82, 2.24) is 10.3 Å². The standard InChI is InChI=1S/C15H16F2N2OS/c1-18-10-6-4-7-11-13(10)21-14(19-11)9-5-2-3-8-12(9)20-15(16)17/h2-3,5,8,10,15,18H,4,6-7H2,1H3. The molecule has 0 saturated carbocycles. The lowest BCUT2D eigenvalue weighted by molar-refractivity contribution is -0.0494. The van der Waals surface area contributed by atoms with E-state index in [9.17, 15) is 8.78 Å². The molecular formula is C15H16F2N2OS.